The van der Waals surface area contributed by atoms with Crippen LogP contribution >= 0.6 is 11.6 Å². The van der Waals surface area contributed by atoms with E-state index in [1.165, 1.54) is 0 Å². The summed E-state index contributed by atoms with van der Waals surface area (Å²) in [5, 5.41) is 13.9. The number of benzene rings is 2. The van der Waals surface area contributed by atoms with Crippen LogP contribution in [-0.4, -0.2) is 22.4 Å². The van der Waals surface area contributed by atoms with Crippen molar-refractivity contribution in [3.05, 3.63) is 82.0 Å². The number of hydrogen-bond donors (Lipinski definition) is 4. The largest absolute Gasteiger partial charge is 0.432 e. The van der Waals surface area contributed by atoms with Gasteiger partial charge in [0.15, 0.2) is 12.1 Å². The molecule has 4 N–H and O–H groups in total. The Labute approximate surface area is 194 Å². The highest BCUT2D eigenvalue weighted by Crippen LogP contribution is 2.30. The summed E-state index contributed by atoms with van der Waals surface area (Å²) in [4.78, 5) is 12.6. The first-order valence-electron chi connectivity index (χ1n) is 9.72. The molecule has 2 unspecified atom stereocenters. The van der Waals surface area contributed by atoms with Gasteiger partial charge < -0.3 is 10.6 Å². The zero-order chi connectivity index (χ0) is 25.1. The number of anilines is 1. The van der Waals surface area contributed by atoms with Gasteiger partial charge in [0.05, 0.1) is 5.56 Å². The Morgan fingerprint density at radius 3 is 2.21 bits per heavy atom. The van der Waals surface area contributed by atoms with Gasteiger partial charge in [-0.25, -0.2) is 0 Å². The quantitative estimate of drug-likeness (QED) is 0.250. The lowest BCUT2D eigenvalue weighted by molar-refractivity contribution is -0.141. The molecule has 2 aromatic carbocycles. The Morgan fingerprint density at radius 2 is 1.65 bits per heavy atom. The number of aromatic amines is 1. The molecule has 0 aliphatic carbocycles. The number of halogens is 7. The molecule has 2 atom stereocenters. The molecule has 0 fully saturated rings. The number of rotatable bonds is 7. The standard InChI is InChI=1S/C21H18ClF6N5O/c1-11(14-4-2-3-5-15(14)22)29-19(30-17-10-16(32-33-17)21(26,27)28)31-18(34)12-6-8-13(9-7-12)20(23,24)25/h2-11,19,29H,1H3,(H,31,34)(H2,30,32,33). The highest BCUT2D eigenvalue weighted by atomic mass is 35.5. The number of carbonyl (C=O) groups excluding carboxylic acids is 1. The lowest BCUT2D eigenvalue weighted by atomic mass is 10.1. The van der Waals surface area contributed by atoms with E-state index in [1.54, 1.807) is 31.2 Å². The Hall–Kier alpha value is -3.25. The van der Waals surface area contributed by atoms with E-state index < -0.39 is 41.8 Å². The molecule has 13 heteroatoms. The van der Waals surface area contributed by atoms with Gasteiger partial charge in [0.1, 0.15) is 5.69 Å². The molecule has 3 rings (SSSR count). The third kappa shape index (κ3) is 6.41. The van der Waals surface area contributed by atoms with Crippen LogP contribution in [0.1, 0.15) is 40.1 Å². The van der Waals surface area contributed by atoms with Crippen LogP contribution in [0.5, 0.6) is 0 Å². The van der Waals surface area contributed by atoms with Crippen LogP contribution < -0.4 is 16.0 Å². The van der Waals surface area contributed by atoms with Crippen molar-refractivity contribution in [1.82, 2.24) is 20.8 Å². The maximum absolute atomic E-state index is 12.9. The zero-order valence-corrected chi connectivity index (χ0v) is 18.1. The van der Waals surface area contributed by atoms with Gasteiger partial charge in [0.2, 0.25) is 0 Å². The van der Waals surface area contributed by atoms with E-state index >= 15 is 0 Å². The summed E-state index contributed by atoms with van der Waals surface area (Å²) in [5.74, 6) is -1.01. The number of amides is 1. The summed E-state index contributed by atoms with van der Waals surface area (Å²) in [5.41, 5.74) is -1.50. The van der Waals surface area contributed by atoms with Gasteiger partial charge in [-0.05, 0) is 42.8 Å². The van der Waals surface area contributed by atoms with Gasteiger partial charge in [0.25, 0.3) is 5.91 Å². The summed E-state index contributed by atoms with van der Waals surface area (Å²) in [7, 11) is 0. The van der Waals surface area contributed by atoms with Crippen molar-refractivity contribution in [2.24, 2.45) is 0 Å². The Bertz CT molecular complexity index is 1130. The Morgan fingerprint density at radius 1 is 1.00 bits per heavy atom. The first kappa shape index (κ1) is 25.4. The SMILES string of the molecule is CC(NC(NC(=O)c1ccc(C(F)(F)F)cc1)Nc1cc(C(F)(F)F)[nH]n1)c1ccccc1Cl. The minimum atomic E-state index is -4.66. The van der Waals surface area contributed by atoms with Crippen LogP contribution in [0.15, 0.2) is 54.6 Å². The number of H-pyrrole nitrogens is 1. The molecular formula is C21H18ClF6N5O. The first-order valence-corrected chi connectivity index (χ1v) is 10.1. The van der Waals surface area contributed by atoms with E-state index in [4.69, 9.17) is 11.6 Å². The van der Waals surface area contributed by atoms with Crippen LogP contribution in [0, 0.1) is 0 Å². The molecule has 0 spiro atoms. The van der Waals surface area contributed by atoms with Crippen molar-refractivity contribution in [2.75, 3.05) is 5.32 Å². The van der Waals surface area contributed by atoms with Crippen LogP contribution in [0.2, 0.25) is 5.02 Å². The lowest BCUT2D eigenvalue weighted by Gasteiger charge is -2.26. The van der Waals surface area contributed by atoms with Gasteiger partial charge in [-0.3, -0.25) is 15.2 Å². The second kappa shape index (κ2) is 9.94. The molecule has 3 aromatic rings. The van der Waals surface area contributed by atoms with Gasteiger partial charge in [0, 0.05) is 22.7 Å². The maximum atomic E-state index is 12.9. The lowest BCUT2D eigenvalue weighted by Crippen LogP contribution is -2.51. The first-order chi connectivity index (χ1) is 15.8. The fraction of sp³-hybridized carbons (Fsp3) is 0.238. The topological polar surface area (TPSA) is 81.8 Å². The summed E-state index contributed by atoms with van der Waals surface area (Å²) < 4.78 is 77.0. The van der Waals surface area contributed by atoms with E-state index in [0.29, 0.717) is 16.7 Å². The monoisotopic (exact) mass is 505 g/mol. The fourth-order valence-corrected chi connectivity index (χ4v) is 3.30. The summed E-state index contributed by atoms with van der Waals surface area (Å²) in [6.45, 7) is 1.70. The molecule has 34 heavy (non-hydrogen) atoms. The van der Waals surface area contributed by atoms with E-state index in [1.807, 2.05) is 5.10 Å². The van der Waals surface area contributed by atoms with Gasteiger partial charge in [-0.1, -0.05) is 29.8 Å². The number of nitrogens with one attached hydrogen (secondary N) is 4. The van der Waals surface area contributed by atoms with Crippen molar-refractivity contribution >= 4 is 23.3 Å². The summed E-state index contributed by atoms with van der Waals surface area (Å²) in [6.07, 6.45) is -10.4. The highest BCUT2D eigenvalue weighted by molar-refractivity contribution is 6.31. The smallest absolute Gasteiger partial charge is 0.336 e. The molecule has 182 valence electrons. The molecule has 0 bridgehead atoms. The van der Waals surface area contributed by atoms with E-state index in [2.05, 4.69) is 21.0 Å². The highest BCUT2D eigenvalue weighted by Gasteiger charge is 2.33. The van der Waals surface area contributed by atoms with E-state index in [0.717, 1.165) is 24.3 Å². The molecule has 0 aliphatic heterocycles. The summed E-state index contributed by atoms with van der Waals surface area (Å²) >= 11 is 6.19. The minimum absolute atomic E-state index is 0.0926. The van der Waals surface area contributed by atoms with Crippen LogP contribution in [-0.2, 0) is 12.4 Å². The van der Waals surface area contributed by atoms with Crippen LogP contribution in [0.25, 0.3) is 0 Å². The van der Waals surface area contributed by atoms with Gasteiger partial charge in [-0.15, -0.1) is 0 Å². The van der Waals surface area contributed by atoms with Crippen molar-refractivity contribution < 1.29 is 31.1 Å². The molecule has 1 amide bonds. The number of aromatic nitrogens is 2. The minimum Gasteiger partial charge on any atom is -0.336 e. The van der Waals surface area contributed by atoms with Crippen molar-refractivity contribution in [2.45, 2.75) is 31.6 Å². The normalized spacial score (nSPS) is 13.9. The molecule has 0 saturated heterocycles. The molecule has 0 aliphatic rings. The summed E-state index contributed by atoms with van der Waals surface area (Å²) in [6, 6.07) is 10.5. The molecule has 0 radical (unpaired) electrons. The average Bonchev–Trinajstić information content (AvgIpc) is 3.22. The Kier molecular flexibility index (Phi) is 7.41. The van der Waals surface area contributed by atoms with Gasteiger partial charge in [-0.2, -0.15) is 31.4 Å². The van der Waals surface area contributed by atoms with Crippen LogP contribution in [0.3, 0.4) is 0 Å². The predicted molar refractivity (Wildman–Crippen MR) is 113 cm³/mol. The number of hydrogen-bond acceptors (Lipinski definition) is 4. The number of nitrogens with zero attached hydrogens (tertiary/aromatic N) is 1. The van der Waals surface area contributed by atoms with Crippen molar-refractivity contribution in [1.29, 1.82) is 0 Å². The molecule has 0 saturated carbocycles. The Balaban J connectivity index is 1.81. The van der Waals surface area contributed by atoms with Gasteiger partial charge >= 0.3 is 12.4 Å². The van der Waals surface area contributed by atoms with Crippen molar-refractivity contribution in [3.8, 4) is 0 Å². The molecular weight excluding hydrogens is 488 g/mol. The average molecular weight is 506 g/mol. The third-order valence-electron chi connectivity index (χ3n) is 4.71. The van der Waals surface area contributed by atoms with Crippen LogP contribution in [0.4, 0.5) is 32.2 Å². The molecule has 1 aromatic heterocycles. The number of carbonyl (C=O) groups is 1. The van der Waals surface area contributed by atoms with Crippen molar-refractivity contribution in [3.63, 3.8) is 0 Å². The zero-order valence-electron chi connectivity index (χ0n) is 17.4. The number of alkyl halides is 6. The second-order valence-electron chi connectivity index (χ2n) is 7.20. The maximum Gasteiger partial charge on any atom is 0.432 e. The van der Waals surface area contributed by atoms with E-state index in [-0.39, 0.29) is 11.4 Å². The molecule has 1 heterocycles. The predicted octanol–water partition coefficient (Wildman–Crippen LogP) is 5.58. The fourth-order valence-electron chi connectivity index (χ4n) is 3.00. The molecule has 6 nitrogen and oxygen atoms in total. The third-order valence-corrected chi connectivity index (χ3v) is 5.06. The van der Waals surface area contributed by atoms with E-state index in [9.17, 15) is 31.1 Å². The second-order valence-corrected chi connectivity index (χ2v) is 7.61.